The van der Waals surface area contributed by atoms with Gasteiger partial charge in [0.2, 0.25) is 0 Å². The molecule has 1 aromatic rings. The van der Waals surface area contributed by atoms with Crippen molar-refractivity contribution in [3.05, 3.63) is 23.8 Å². The number of hydrogen-bond acceptors (Lipinski definition) is 3. The fourth-order valence-corrected chi connectivity index (χ4v) is 2.50. The highest BCUT2D eigenvalue weighted by Crippen LogP contribution is 2.26. The van der Waals surface area contributed by atoms with Crippen molar-refractivity contribution in [2.24, 2.45) is 5.92 Å². The molecule has 1 aromatic carbocycles. The van der Waals surface area contributed by atoms with Gasteiger partial charge in [-0.2, -0.15) is 0 Å². The Balaban J connectivity index is 2.00. The van der Waals surface area contributed by atoms with Crippen molar-refractivity contribution in [1.82, 2.24) is 5.32 Å². The first-order valence-electron chi connectivity index (χ1n) is 6.39. The molecule has 2 unspecified atom stereocenters. The molecule has 18 heavy (non-hydrogen) atoms. The van der Waals surface area contributed by atoms with Gasteiger partial charge in [-0.25, -0.2) is 0 Å². The minimum atomic E-state index is -0.264. The second kappa shape index (κ2) is 5.29. The van der Waals surface area contributed by atoms with E-state index in [1.165, 1.54) is 24.6 Å². The lowest BCUT2D eigenvalue weighted by Gasteiger charge is -2.27. The highest BCUT2D eigenvalue weighted by atomic mass is 16.3. The van der Waals surface area contributed by atoms with Crippen LogP contribution in [0.5, 0.6) is 11.5 Å². The molecule has 0 aliphatic heterocycles. The zero-order valence-electron chi connectivity index (χ0n) is 10.5. The van der Waals surface area contributed by atoms with E-state index in [1.54, 1.807) is 0 Å². The number of hydrogen-bond donors (Lipinski definition) is 3. The van der Waals surface area contributed by atoms with Gasteiger partial charge in [-0.1, -0.05) is 19.8 Å². The summed E-state index contributed by atoms with van der Waals surface area (Å²) in [6, 6.07) is 4.35. The summed E-state index contributed by atoms with van der Waals surface area (Å²) in [4.78, 5) is 12.0. The summed E-state index contributed by atoms with van der Waals surface area (Å²) in [6.45, 7) is 2.20. The summed E-state index contributed by atoms with van der Waals surface area (Å²) < 4.78 is 0. The van der Waals surface area contributed by atoms with Gasteiger partial charge in [-0.3, -0.25) is 4.79 Å². The highest BCUT2D eigenvalue weighted by molar-refractivity contribution is 5.95. The van der Waals surface area contributed by atoms with Crippen molar-refractivity contribution in [2.45, 2.75) is 38.6 Å². The van der Waals surface area contributed by atoms with Crippen LogP contribution in [0.3, 0.4) is 0 Å². The van der Waals surface area contributed by atoms with Crippen molar-refractivity contribution >= 4 is 5.91 Å². The summed E-state index contributed by atoms with van der Waals surface area (Å²) in [5.41, 5.74) is 0.378. The Labute approximate surface area is 107 Å². The maximum Gasteiger partial charge on any atom is 0.251 e. The molecule has 1 aliphatic rings. The maximum absolute atomic E-state index is 12.0. The SMILES string of the molecule is CC1CCCC(NC(=O)c2ccc(O)c(O)c2)C1. The Morgan fingerprint density at radius 1 is 1.28 bits per heavy atom. The molecule has 3 N–H and O–H groups in total. The lowest BCUT2D eigenvalue weighted by Crippen LogP contribution is -2.37. The van der Waals surface area contributed by atoms with Gasteiger partial charge in [0.05, 0.1) is 0 Å². The number of phenols is 2. The van der Waals surface area contributed by atoms with Gasteiger partial charge < -0.3 is 15.5 Å². The average molecular weight is 249 g/mol. The molecule has 4 heteroatoms. The lowest BCUT2D eigenvalue weighted by atomic mass is 9.87. The molecule has 0 aromatic heterocycles. The first-order valence-corrected chi connectivity index (χ1v) is 6.39. The lowest BCUT2D eigenvalue weighted by molar-refractivity contribution is 0.0921. The van der Waals surface area contributed by atoms with Crippen LogP contribution < -0.4 is 5.32 Å². The van der Waals surface area contributed by atoms with Gasteiger partial charge in [-0.15, -0.1) is 0 Å². The monoisotopic (exact) mass is 249 g/mol. The molecule has 1 aliphatic carbocycles. The van der Waals surface area contributed by atoms with Crippen LogP contribution in [-0.4, -0.2) is 22.2 Å². The van der Waals surface area contributed by atoms with Crippen molar-refractivity contribution in [2.75, 3.05) is 0 Å². The summed E-state index contributed by atoms with van der Waals surface area (Å²) in [6.07, 6.45) is 4.40. The first-order chi connectivity index (χ1) is 8.56. The smallest absolute Gasteiger partial charge is 0.251 e. The van der Waals surface area contributed by atoms with Crippen molar-refractivity contribution in [1.29, 1.82) is 0 Å². The van der Waals surface area contributed by atoms with E-state index in [9.17, 15) is 15.0 Å². The van der Waals surface area contributed by atoms with Crippen LogP contribution in [0.25, 0.3) is 0 Å². The third-order valence-electron chi connectivity index (χ3n) is 3.51. The maximum atomic E-state index is 12.0. The molecule has 0 spiro atoms. The Morgan fingerprint density at radius 3 is 2.72 bits per heavy atom. The van der Waals surface area contributed by atoms with Crippen LogP contribution >= 0.6 is 0 Å². The molecule has 0 heterocycles. The minimum absolute atomic E-state index is 0.190. The van der Waals surface area contributed by atoms with E-state index in [-0.39, 0.29) is 23.4 Å². The van der Waals surface area contributed by atoms with E-state index in [0.29, 0.717) is 11.5 Å². The van der Waals surface area contributed by atoms with Gasteiger partial charge in [-0.05, 0) is 37.0 Å². The van der Waals surface area contributed by atoms with Gasteiger partial charge >= 0.3 is 0 Å². The van der Waals surface area contributed by atoms with Crippen LogP contribution in [0, 0.1) is 5.92 Å². The Morgan fingerprint density at radius 2 is 2.06 bits per heavy atom. The number of phenolic OH excluding ortho intramolecular Hbond substituents is 2. The summed E-state index contributed by atoms with van der Waals surface area (Å²) in [5, 5.41) is 21.5. The Hall–Kier alpha value is -1.71. The standard InChI is InChI=1S/C14H19NO3/c1-9-3-2-4-11(7-9)15-14(18)10-5-6-12(16)13(17)8-10/h5-6,8-9,11,16-17H,2-4,7H2,1H3,(H,15,18). The molecule has 1 amide bonds. The van der Waals surface area contributed by atoms with Gasteiger partial charge in [0.15, 0.2) is 11.5 Å². The first kappa shape index (κ1) is 12.7. The number of carbonyl (C=O) groups is 1. The van der Waals surface area contributed by atoms with E-state index in [4.69, 9.17) is 0 Å². The second-order valence-electron chi connectivity index (χ2n) is 5.15. The van der Waals surface area contributed by atoms with Gasteiger partial charge in [0, 0.05) is 11.6 Å². The Bertz CT molecular complexity index is 445. The zero-order valence-corrected chi connectivity index (χ0v) is 10.5. The molecule has 0 saturated heterocycles. The molecule has 1 saturated carbocycles. The summed E-state index contributed by atoms with van der Waals surface area (Å²) >= 11 is 0. The van der Waals surface area contributed by atoms with E-state index in [1.807, 2.05) is 0 Å². The fraction of sp³-hybridized carbons (Fsp3) is 0.500. The number of benzene rings is 1. The van der Waals surface area contributed by atoms with Crippen LogP contribution in [0.1, 0.15) is 43.0 Å². The summed E-state index contributed by atoms with van der Waals surface area (Å²) in [7, 11) is 0. The van der Waals surface area contributed by atoms with E-state index < -0.39 is 0 Å². The van der Waals surface area contributed by atoms with Crippen LogP contribution in [0.2, 0.25) is 0 Å². The second-order valence-corrected chi connectivity index (χ2v) is 5.15. The van der Waals surface area contributed by atoms with E-state index in [0.717, 1.165) is 19.3 Å². The Kier molecular flexibility index (Phi) is 3.75. The van der Waals surface area contributed by atoms with E-state index in [2.05, 4.69) is 12.2 Å². The molecule has 4 nitrogen and oxygen atoms in total. The predicted octanol–water partition coefficient (Wildman–Crippen LogP) is 2.41. The number of amides is 1. The van der Waals surface area contributed by atoms with E-state index >= 15 is 0 Å². The molecular weight excluding hydrogens is 230 g/mol. The fourth-order valence-electron chi connectivity index (χ4n) is 2.50. The number of rotatable bonds is 2. The zero-order chi connectivity index (χ0) is 13.1. The summed E-state index contributed by atoms with van der Waals surface area (Å²) in [5.74, 6) is -0.0147. The third-order valence-corrected chi connectivity index (χ3v) is 3.51. The number of carbonyl (C=O) groups excluding carboxylic acids is 1. The third kappa shape index (κ3) is 2.94. The molecule has 2 rings (SSSR count). The van der Waals surface area contributed by atoms with Crippen molar-refractivity contribution in [3.8, 4) is 11.5 Å². The quantitative estimate of drug-likeness (QED) is 0.705. The predicted molar refractivity (Wildman–Crippen MR) is 68.7 cm³/mol. The topological polar surface area (TPSA) is 69.6 Å². The molecular formula is C14H19NO3. The largest absolute Gasteiger partial charge is 0.504 e. The van der Waals surface area contributed by atoms with Gasteiger partial charge in [0.1, 0.15) is 0 Å². The minimum Gasteiger partial charge on any atom is -0.504 e. The van der Waals surface area contributed by atoms with Crippen LogP contribution in [0.4, 0.5) is 0 Å². The number of nitrogens with one attached hydrogen (secondary N) is 1. The number of aromatic hydroxyl groups is 2. The van der Waals surface area contributed by atoms with Crippen molar-refractivity contribution < 1.29 is 15.0 Å². The van der Waals surface area contributed by atoms with Crippen LogP contribution in [0.15, 0.2) is 18.2 Å². The van der Waals surface area contributed by atoms with Gasteiger partial charge in [0.25, 0.3) is 5.91 Å². The molecule has 98 valence electrons. The van der Waals surface area contributed by atoms with Crippen LogP contribution in [-0.2, 0) is 0 Å². The molecule has 1 fully saturated rings. The average Bonchev–Trinajstić information content (AvgIpc) is 2.32. The molecule has 0 bridgehead atoms. The highest BCUT2D eigenvalue weighted by Gasteiger charge is 2.21. The van der Waals surface area contributed by atoms with Crippen molar-refractivity contribution in [3.63, 3.8) is 0 Å². The molecule has 0 radical (unpaired) electrons. The normalized spacial score (nSPS) is 23.6. The molecule has 2 atom stereocenters.